The summed E-state index contributed by atoms with van der Waals surface area (Å²) in [5.74, 6) is 1.08. The van der Waals surface area contributed by atoms with Gasteiger partial charge in [-0.25, -0.2) is 0 Å². The van der Waals surface area contributed by atoms with E-state index < -0.39 is 0 Å². The Bertz CT molecular complexity index is 939. The van der Waals surface area contributed by atoms with Crippen molar-refractivity contribution in [3.8, 4) is 16.9 Å². The summed E-state index contributed by atoms with van der Waals surface area (Å²) in [4.78, 5) is 29.3. The number of nitrogens with zero attached hydrogens (tertiary/aromatic N) is 4. The highest BCUT2D eigenvalue weighted by molar-refractivity contribution is 5.94. The third kappa shape index (κ3) is 4.48. The zero-order chi connectivity index (χ0) is 21.3. The molecule has 1 N–H and O–H groups in total. The van der Waals surface area contributed by atoms with E-state index in [1.54, 1.807) is 10.9 Å². The van der Waals surface area contributed by atoms with Crippen molar-refractivity contribution >= 4 is 17.5 Å². The Morgan fingerprint density at radius 2 is 2.13 bits per heavy atom. The van der Waals surface area contributed by atoms with E-state index in [1.165, 1.54) is 0 Å². The highest BCUT2D eigenvalue weighted by atomic mass is 16.5. The Hall–Kier alpha value is -2.87. The molecule has 0 radical (unpaired) electrons. The molecule has 2 amide bonds. The van der Waals surface area contributed by atoms with E-state index in [0.717, 1.165) is 11.1 Å². The van der Waals surface area contributed by atoms with E-state index in [9.17, 15) is 9.59 Å². The molecule has 1 fully saturated rings. The maximum atomic E-state index is 12.7. The summed E-state index contributed by atoms with van der Waals surface area (Å²) in [5, 5.41) is 7.21. The molecule has 2 aliphatic rings. The number of rotatable bonds is 3. The molecule has 0 spiro atoms. The average molecular weight is 412 g/mol. The number of hydrogen-bond acceptors (Lipinski definition) is 5. The second-order valence-electron chi connectivity index (χ2n) is 8.53. The van der Waals surface area contributed by atoms with Crippen molar-refractivity contribution in [1.29, 1.82) is 0 Å². The first-order valence-electron chi connectivity index (χ1n) is 10.5. The maximum Gasteiger partial charge on any atom is 0.238 e. The number of carbonyl (C=O) groups is 2. The van der Waals surface area contributed by atoms with Gasteiger partial charge in [0, 0.05) is 44.9 Å². The summed E-state index contributed by atoms with van der Waals surface area (Å²) in [7, 11) is 1.87. The topological polar surface area (TPSA) is 79.7 Å². The molecule has 4 rings (SSSR count). The lowest BCUT2D eigenvalue weighted by Gasteiger charge is -2.40. The minimum absolute atomic E-state index is 0.00966. The Kier molecular flexibility index (Phi) is 5.76. The molecule has 1 atom stereocenters. The van der Waals surface area contributed by atoms with E-state index in [0.29, 0.717) is 50.0 Å². The van der Waals surface area contributed by atoms with Crippen molar-refractivity contribution in [3.05, 3.63) is 30.6 Å². The standard InChI is InChI=1S/C22H29N5O3/c1-15(2)8-22(29)27-7-6-26-13-21(28)24-19-9-16(17-10-23-25(3)11-17)4-5-20(19)30-14-18(26)12-27/h4-5,9-11,15,18H,6-8,12-14H2,1-3H3,(H,24,28)/t18-/m0/s1. The number of ether oxygens (including phenoxy) is 1. The Morgan fingerprint density at radius 1 is 1.30 bits per heavy atom. The number of piperazine rings is 1. The quantitative estimate of drug-likeness (QED) is 0.836. The molecule has 3 heterocycles. The van der Waals surface area contributed by atoms with E-state index in [2.05, 4.69) is 29.2 Å². The SMILES string of the molecule is CC(C)CC(=O)N1CCN2CC(=O)Nc3cc(-c4cnn(C)c4)ccc3OC[C@@H]2C1. The van der Waals surface area contributed by atoms with Gasteiger partial charge in [0.25, 0.3) is 0 Å². The van der Waals surface area contributed by atoms with Gasteiger partial charge in [0.2, 0.25) is 11.8 Å². The molecule has 2 aromatic rings. The first kappa shape index (κ1) is 20.4. The summed E-state index contributed by atoms with van der Waals surface area (Å²) >= 11 is 0. The summed E-state index contributed by atoms with van der Waals surface area (Å²) in [5.41, 5.74) is 2.60. The largest absolute Gasteiger partial charge is 0.490 e. The second kappa shape index (κ2) is 8.47. The van der Waals surface area contributed by atoms with Crippen LogP contribution in [0.2, 0.25) is 0 Å². The molecule has 1 aromatic carbocycles. The fourth-order valence-corrected chi connectivity index (χ4v) is 4.03. The Balaban J connectivity index is 1.53. The summed E-state index contributed by atoms with van der Waals surface area (Å²) in [6, 6.07) is 5.77. The van der Waals surface area contributed by atoms with Gasteiger partial charge in [-0.05, 0) is 23.6 Å². The molecule has 0 unspecified atom stereocenters. The number of nitrogens with one attached hydrogen (secondary N) is 1. The lowest BCUT2D eigenvalue weighted by molar-refractivity contribution is -0.135. The van der Waals surface area contributed by atoms with Crippen LogP contribution in [0.3, 0.4) is 0 Å². The number of anilines is 1. The summed E-state index contributed by atoms with van der Waals surface area (Å²) < 4.78 is 7.86. The van der Waals surface area contributed by atoms with Crippen molar-refractivity contribution in [2.45, 2.75) is 26.3 Å². The first-order valence-corrected chi connectivity index (χ1v) is 10.5. The average Bonchev–Trinajstić information content (AvgIpc) is 3.15. The number of amides is 2. The fraction of sp³-hybridized carbons (Fsp3) is 0.500. The zero-order valence-corrected chi connectivity index (χ0v) is 17.8. The fourth-order valence-electron chi connectivity index (χ4n) is 4.03. The number of aryl methyl sites for hydroxylation is 1. The van der Waals surface area contributed by atoms with E-state index in [1.807, 2.05) is 36.3 Å². The number of hydrogen-bond donors (Lipinski definition) is 1. The smallest absolute Gasteiger partial charge is 0.238 e. The van der Waals surface area contributed by atoms with Crippen LogP contribution in [0.25, 0.3) is 11.1 Å². The van der Waals surface area contributed by atoms with Gasteiger partial charge in [0.05, 0.1) is 24.5 Å². The molecule has 0 saturated carbocycles. The van der Waals surface area contributed by atoms with Crippen LogP contribution in [0.1, 0.15) is 20.3 Å². The molecular formula is C22H29N5O3. The molecular weight excluding hydrogens is 382 g/mol. The molecule has 8 nitrogen and oxygen atoms in total. The van der Waals surface area contributed by atoms with Gasteiger partial charge in [0.15, 0.2) is 0 Å². The number of fused-ring (bicyclic) bond motifs is 2. The van der Waals surface area contributed by atoms with E-state index in [-0.39, 0.29) is 24.4 Å². The Labute approximate surface area is 176 Å². The van der Waals surface area contributed by atoms with Gasteiger partial charge in [-0.3, -0.25) is 19.2 Å². The van der Waals surface area contributed by atoms with E-state index >= 15 is 0 Å². The van der Waals surface area contributed by atoms with Crippen LogP contribution in [-0.2, 0) is 16.6 Å². The molecule has 2 aliphatic heterocycles. The van der Waals surface area contributed by atoms with Gasteiger partial charge >= 0.3 is 0 Å². The van der Waals surface area contributed by atoms with Crippen LogP contribution < -0.4 is 10.1 Å². The summed E-state index contributed by atoms with van der Waals surface area (Å²) in [6.45, 7) is 6.73. The van der Waals surface area contributed by atoms with Crippen molar-refractivity contribution < 1.29 is 14.3 Å². The lowest BCUT2D eigenvalue weighted by Crippen LogP contribution is -2.58. The van der Waals surface area contributed by atoms with Crippen LogP contribution in [0.15, 0.2) is 30.6 Å². The van der Waals surface area contributed by atoms with Gasteiger partial charge in [-0.1, -0.05) is 19.9 Å². The minimum Gasteiger partial charge on any atom is -0.490 e. The van der Waals surface area contributed by atoms with Gasteiger partial charge < -0.3 is 15.0 Å². The van der Waals surface area contributed by atoms with Crippen molar-refractivity contribution in [3.63, 3.8) is 0 Å². The first-order chi connectivity index (χ1) is 14.4. The molecule has 8 heteroatoms. The molecule has 0 bridgehead atoms. The van der Waals surface area contributed by atoms with E-state index in [4.69, 9.17) is 4.74 Å². The monoisotopic (exact) mass is 411 g/mol. The predicted molar refractivity (Wildman–Crippen MR) is 114 cm³/mol. The highest BCUT2D eigenvalue weighted by Gasteiger charge is 2.32. The van der Waals surface area contributed by atoms with Crippen LogP contribution >= 0.6 is 0 Å². The normalized spacial score (nSPS) is 19.8. The zero-order valence-electron chi connectivity index (χ0n) is 17.8. The molecule has 30 heavy (non-hydrogen) atoms. The third-order valence-electron chi connectivity index (χ3n) is 5.61. The molecule has 160 valence electrons. The number of aromatic nitrogens is 2. The van der Waals surface area contributed by atoms with Crippen LogP contribution in [0.4, 0.5) is 5.69 Å². The van der Waals surface area contributed by atoms with Crippen molar-refractivity contribution in [1.82, 2.24) is 19.6 Å². The minimum atomic E-state index is -0.0722. The summed E-state index contributed by atoms with van der Waals surface area (Å²) in [6.07, 6.45) is 4.28. The van der Waals surface area contributed by atoms with Gasteiger partial charge in [-0.15, -0.1) is 0 Å². The van der Waals surface area contributed by atoms with Gasteiger partial charge in [-0.2, -0.15) is 5.10 Å². The lowest BCUT2D eigenvalue weighted by atomic mass is 10.1. The molecule has 0 aliphatic carbocycles. The van der Waals surface area contributed by atoms with Crippen LogP contribution in [-0.4, -0.2) is 70.2 Å². The van der Waals surface area contributed by atoms with Gasteiger partial charge in [0.1, 0.15) is 12.4 Å². The second-order valence-corrected chi connectivity index (χ2v) is 8.53. The van der Waals surface area contributed by atoms with Crippen LogP contribution in [0, 0.1) is 5.92 Å². The molecule has 1 saturated heterocycles. The van der Waals surface area contributed by atoms with Crippen molar-refractivity contribution in [2.75, 3.05) is 38.1 Å². The Morgan fingerprint density at radius 3 is 2.87 bits per heavy atom. The maximum absolute atomic E-state index is 12.7. The highest BCUT2D eigenvalue weighted by Crippen LogP contribution is 2.32. The predicted octanol–water partition coefficient (Wildman–Crippen LogP) is 1.98. The number of benzene rings is 1. The third-order valence-corrected chi connectivity index (χ3v) is 5.61. The number of carbonyl (C=O) groups excluding carboxylic acids is 2. The van der Waals surface area contributed by atoms with Crippen molar-refractivity contribution in [2.24, 2.45) is 13.0 Å². The van der Waals surface area contributed by atoms with Crippen LogP contribution in [0.5, 0.6) is 5.75 Å². The molecule has 1 aromatic heterocycles.